The van der Waals surface area contributed by atoms with Gasteiger partial charge in [-0.1, -0.05) is 60.7 Å². The Bertz CT molecular complexity index is 643. The van der Waals surface area contributed by atoms with Gasteiger partial charge in [0.05, 0.1) is 13.0 Å². The lowest BCUT2D eigenvalue weighted by Crippen LogP contribution is -2.47. The van der Waals surface area contributed by atoms with Crippen molar-refractivity contribution < 1.29 is 19.8 Å². The lowest BCUT2D eigenvalue weighted by Gasteiger charge is -2.28. The van der Waals surface area contributed by atoms with Gasteiger partial charge < -0.3 is 15.1 Å². The highest BCUT2D eigenvalue weighted by Gasteiger charge is 2.29. The van der Waals surface area contributed by atoms with Crippen molar-refractivity contribution in [2.75, 3.05) is 6.61 Å². The number of carbonyl (C=O) groups excluding carboxylic acids is 1. The molecule has 0 fully saturated rings. The molecule has 0 heterocycles. The van der Waals surface area contributed by atoms with E-state index in [-0.39, 0.29) is 18.9 Å². The summed E-state index contributed by atoms with van der Waals surface area (Å²) in [4.78, 5) is 25.2. The second-order valence-electron chi connectivity index (χ2n) is 5.21. The van der Waals surface area contributed by atoms with Crippen LogP contribution in [0, 0.1) is 0 Å². The number of hydrogen-bond acceptors (Lipinski definition) is 3. The normalized spacial score (nSPS) is 11.7. The number of hydrogen-bond donors (Lipinski definition) is 2. The van der Waals surface area contributed by atoms with Gasteiger partial charge in [-0.25, -0.2) is 4.79 Å². The van der Waals surface area contributed by atoms with Crippen LogP contribution >= 0.6 is 0 Å². The molecule has 23 heavy (non-hydrogen) atoms. The van der Waals surface area contributed by atoms with Crippen LogP contribution in [0.4, 0.5) is 0 Å². The summed E-state index contributed by atoms with van der Waals surface area (Å²) in [7, 11) is 0. The number of rotatable bonds is 7. The molecule has 0 saturated heterocycles. The first-order chi connectivity index (χ1) is 11.1. The van der Waals surface area contributed by atoms with Crippen molar-refractivity contribution in [3.8, 4) is 0 Å². The van der Waals surface area contributed by atoms with Crippen LogP contribution in [0.1, 0.15) is 11.1 Å². The maximum absolute atomic E-state index is 12.6. The van der Waals surface area contributed by atoms with E-state index < -0.39 is 18.6 Å². The first-order valence-corrected chi connectivity index (χ1v) is 7.33. The highest BCUT2D eigenvalue weighted by molar-refractivity contribution is 5.85. The topological polar surface area (TPSA) is 77.8 Å². The third-order valence-electron chi connectivity index (χ3n) is 3.55. The van der Waals surface area contributed by atoms with Crippen molar-refractivity contribution in [3.63, 3.8) is 0 Å². The maximum Gasteiger partial charge on any atom is 0.328 e. The number of benzene rings is 2. The summed E-state index contributed by atoms with van der Waals surface area (Å²) in [5.74, 6) is -1.55. The first-order valence-electron chi connectivity index (χ1n) is 7.33. The summed E-state index contributed by atoms with van der Waals surface area (Å²) >= 11 is 0. The van der Waals surface area contributed by atoms with E-state index in [1.807, 2.05) is 60.7 Å². The average Bonchev–Trinajstić information content (AvgIpc) is 2.56. The molecule has 0 bridgehead atoms. The zero-order valence-corrected chi connectivity index (χ0v) is 12.6. The fourth-order valence-electron chi connectivity index (χ4n) is 2.33. The summed E-state index contributed by atoms with van der Waals surface area (Å²) in [6.07, 6.45) is 0.0947. The lowest BCUT2D eigenvalue weighted by molar-refractivity contribution is -0.152. The highest BCUT2D eigenvalue weighted by atomic mass is 16.4. The summed E-state index contributed by atoms with van der Waals surface area (Å²) in [5, 5.41) is 18.7. The van der Waals surface area contributed by atoms with Gasteiger partial charge in [-0.2, -0.15) is 0 Å². The van der Waals surface area contributed by atoms with Gasteiger partial charge in [0.1, 0.15) is 0 Å². The van der Waals surface area contributed by atoms with E-state index in [9.17, 15) is 19.8 Å². The number of amides is 1. The number of carboxylic acid groups (broad SMARTS) is 1. The Balaban J connectivity index is 2.21. The van der Waals surface area contributed by atoms with Gasteiger partial charge in [-0.05, 0) is 11.1 Å². The van der Waals surface area contributed by atoms with Gasteiger partial charge in [-0.15, -0.1) is 0 Å². The molecule has 0 saturated carbocycles. The molecule has 2 rings (SSSR count). The van der Waals surface area contributed by atoms with Crippen molar-refractivity contribution in [2.24, 2.45) is 0 Å². The van der Waals surface area contributed by atoms with Crippen molar-refractivity contribution in [1.82, 2.24) is 4.90 Å². The number of carbonyl (C=O) groups is 2. The Hall–Kier alpha value is -2.66. The van der Waals surface area contributed by atoms with Crippen LogP contribution in [0.3, 0.4) is 0 Å². The van der Waals surface area contributed by atoms with Crippen LogP contribution in [-0.2, 0) is 22.6 Å². The van der Waals surface area contributed by atoms with E-state index in [4.69, 9.17) is 0 Å². The fraction of sp³-hybridized carbons (Fsp3) is 0.222. The van der Waals surface area contributed by atoms with Crippen LogP contribution < -0.4 is 0 Å². The molecule has 0 spiro atoms. The third kappa shape index (κ3) is 4.66. The van der Waals surface area contributed by atoms with Crippen molar-refractivity contribution >= 4 is 11.9 Å². The molecular weight excluding hydrogens is 294 g/mol. The molecule has 0 unspecified atom stereocenters. The van der Waals surface area contributed by atoms with Crippen molar-refractivity contribution in [2.45, 2.75) is 19.0 Å². The monoisotopic (exact) mass is 313 g/mol. The van der Waals surface area contributed by atoms with Gasteiger partial charge in [-0.3, -0.25) is 4.79 Å². The molecule has 1 amide bonds. The van der Waals surface area contributed by atoms with Gasteiger partial charge >= 0.3 is 5.97 Å². The summed E-state index contributed by atoms with van der Waals surface area (Å²) in [5.41, 5.74) is 1.62. The predicted octanol–water partition coefficient (Wildman–Crippen LogP) is 1.70. The molecule has 0 aromatic heterocycles. The Labute approximate surface area is 134 Å². The van der Waals surface area contributed by atoms with E-state index in [1.54, 1.807) is 0 Å². The van der Waals surface area contributed by atoms with Crippen LogP contribution in [-0.4, -0.2) is 39.6 Å². The van der Waals surface area contributed by atoms with E-state index in [0.29, 0.717) is 0 Å². The average molecular weight is 313 g/mol. The number of aliphatic hydroxyl groups excluding tert-OH is 1. The van der Waals surface area contributed by atoms with Crippen LogP contribution in [0.5, 0.6) is 0 Å². The van der Waals surface area contributed by atoms with E-state index in [2.05, 4.69) is 0 Å². The largest absolute Gasteiger partial charge is 0.480 e. The molecule has 0 radical (unpaired) electrons. The van der Waals surface area contributed by atoms with Gasteiger partial charge in [0.2, 0.25) is 5.91 Å². The lowest BCUT2D eigenvalue weighted by atomic mass is 10.1. The van der Waals surface area contributed by atoms with E-state index in [0.717, 1.165) is 11.1 Å². The fourth-order valence-corrected chi connectivity index (χ4v) is 2.33. The minimum atomic E-state index is -1.26. The third-order valence-corrected chi connectivity index (χ3v) is 3.55. The molecule has 0 aliphatic rings. The predicted molar refractivity (Wildman–Crippen MR) is 85.6 cm³/mol. The smallest absolute Gasteiger partial charge is 0.328 e. The zero-order valence-electron chi connectivity index (χ0n) is 12.6. The molecule has 0 aliphatic carbocycles. The summed E-state index contributed by atoms with van der Waals surface area (Å²) < 4.78 is 0. The molecule has 1 atom stereocenters. The van der Waals surface area contributed by atoms with Crippen LogP contribution in [0.2, 0.25) is 0 Å². The minimum Gasteiger partial charge on any atom is -0.480 e. The molecule has 2 aromatic carbocycles. The molecule has 2 aromatic rings. The molecule has 0 aliphatic heterocycles. The summed E-state index contributed by atoms with van der Waals surface area (Å²) in [6.45, 7) is -0.479. The Morgan fingerprint density at radius 3 is 1.91 bits per heavy atom. The van der Waals surface area contributed by atoms with Crippen LogP contribution in [0.15, 0.2) is 60.7 Å². The number of aliphatic hydroxyl groups is 1. The molecule has 5 nitrogen and oxygen atoms in total. The maximum atomic E-state index is 12.6. The van der Waals surface area contributed by atoms with E-state index >= 15 is 0 Å². The highest BCUT2D eigenvalue weighted by Crippen LogP contribution is 2.12. The summed E-state index contributed by atoms with van der Waals surface area (Å²) in [6, 6.07) is 17.0. The van der Waals surface area contributed by atoms with Gasteiger partial charge in [0.25, 0.3) is 0 Å². The van der Waals surface area contributed by atoms with Crippen LogP contribution in [0.25, 0.3) is 0 Å². The number of aliphatic carboxylic acids is 1. The Kier molecular flexibility index (Phi) is 5.88. The second kappa shape index (κ2) is 8.10. The number of nitrogens with zero attached hydrogens (tertiary/aromatic N) is 1. The quantitative estimate of drug-likeness (QED) is 0.815. The Morgan fingerprint density at radius 2 is 1.43 bits per heavy atom. The first kappa shape index (κ1) is 16.7. The Morgan fingerprint density at radius 1 is 0.913 bits per heavy atom. The van der Waals surface area contributed by atoms with Crippen molar-refractivity contribution in [3.05, 3.63) is 71.8 Å². The molecular formula is C18H19NO4. The zero-order chi connectivity index (χ0) is 16.7. The molecule has 5 heteroatoms. The molecule has 2 N–H and O–H groups in total. The van der Waals surface area contributed by atoms with E-state index in [1.165, 1.54) is 4.90 Å². The second-order valence-corrected chi connectivity index (χ2v) is 5.21. The SMILES string of the molecule is O=C(O)[C@H](CO)N(Cc1ccccc1)C(=O)Cc1ccccc1. The number of carboxylic acids is 1. The van der Waals surface area contributed by atoms with Gasteiger partial charge in [0, 0.05) is 6.54 Å². The standard InChI is InChI=1S/C18H19NO4/c20-13-16(18(22)23)19(12-15-9-5-2-6-10-15)17(21)11-14-7-3-1-4-8-14/h1-10,16,20H,11-13H2,(H,22,23)/t16-/m0/s1. The minimum absolute atomic E-state index is 0.0947. The van der Waals surface area contributed by atoms with Gasteiger partial charge in [0.15, 0.2) is 6.04 Å². The van der Waals surface area contributed by atoms with Crippen molar-refractivity contribution in [1.29, 1.82) is 0 Å². The molecule has 120 valence electrons.